The average molecular weight is 2050 g/mol. The first-order valence-corrected chi connectivity index (χ1v) is 48.4. The third-order valence-electron chi connectivity index (χ3n) is 18.2. The first-order valence-electron chi connectivity index (χ1n) is 40.0. The van der Waals surface area contributed by atoms with Gasteiger partial charge >= 0.3 is 63.9 Å². The van der Waals surface area contributed by atoms with E-state index >= 15 is 0 Å². The fourth-order valence-electron chi connectivity index (χ4n) is 12.1. The second-order valence-corrected chi connectivity index (χ2v) is 40.0. The van der Waals surface area contributed by atoms with Gasteiger partial charge in [-0.1, -0.05) is 106 Å². The van der Waals surface area contributed by atoms with Crippen molar-refractivity contribution in [3.63, 3.8) is 0 Å². The third-order valence-corrected chi connectivity index (χ3v) is 29.7. The van der Waals surface area contributed by atoms with Gasteiger partial charge < -0.3 is 75.7 Å². The van der Waals surface area contributed by atoms with Crippen LogP contribution in [0.1, 0.15) is 173 Å². The zero-order valence-corrected chi connectivity index (χ0v) is 77.6. The Hall–Kier alpha value is -9.69. The number of esters is 3. The molecule has 0 amide bonds. The normalized spacial score (nSPS) is 21.6. The van der Waals surface area contributed by atoms with Crippen LogP contribution >= 0.6 is 70.3 Å². The van der Waals surface area contributed by atoms with E-state index in [1.165, 1.54) is 138 Å². The largest absolute Gasteiger partial charge is 0.513 e. The molecule has 0 radical (unpaired) electrons. The van der Waals surface area contributed by atoms with E-state index in [4.69, 9.17) is 64.9 Å². The quantitative estimate of drug-likeness (QED) is 0.00466. The number of thioether (sulfide) groups is 4. The Morgan fingerprint density at radius 1 is 0.407 bits per heavy atom. The summed E-state index contributed by atoms with van der Waals surface area (Å²) in [6, 6.07) is 20.6. The number of benzene rings is 4. The molecular weight excluding hydrogens is 1920 g/mol. The van der Waals surface area contributed by atoms with E-state index in [1.54, 1.807) is 106 Å². The number of aliphatic hydroxyl groups excluding tert-OH is 4. The van der Waals surface area contributed by atoms with Crippen molar-refractivity contribution in [2.45, 2.75) is 255 Å². The van der Waals surface area contributed by atoms with E-state index in [-0.39, 0.29) is 142 Å². The maximum atomic E-state index is 14.0. The molecule has 4 aliphatic rings. The summed E-state index contributed by atoms with van der Waals surface area (Å²) in [5.74, 6) is -15.6. The summed E-state index contributed by atoms with van der Waals surface area (Å²) in [5.41, 5.74) is 19.5. The van der Waals surface area contributed by atoms with E-state index in [1.807, 2.05) is 13.8 Å². The smallest absolute Gasteiger partial charge is 0.462 e. The fraction of sp³-hybridized carbons (Fsp3) is 0.519. The van der Waals surface area contributed by atoms with Crippen LogP contribution < -0.4 is 79.1 Å². The van der Waals surface area contributed by atoms with Gasteiger partial charge in [-0.2, -0.15) is 44.0 Å². The molecule has 0 saturated carbocycles. The van der Waals surface area contributed by atoms with Crippen LogP contribution in [0, 0.1) is 29.1 Å². The number of ether oxygens (including phenoxy) is 3. The van der Waals surface area contributed by atoms with Crippen molar-refractivity contribution in [1.82, 2.24) is 73.4 Å². The van der Waals surface area contributed by atoms with Crippen molar-refractivity contribution in [2.75, 3.05) is 36.1 Å². The predicted molar refractivity (Wildman–Crippen MR) is 505 cm³/mol. The van der Waals surface area contributed by atoms with Gasteiger partial charge in [-0.15, -0.1) is 47.0 Å². The summed E-state index contributed by atoms with van der Waals surface area (Å²) in [4.78, 5) is 114. The number of nitrogens with two attached hydrogens (primary N) is 4. The standard InChI is InChI=1S/C21H30N5O6PS.C20H28N5O7PS.C18H17F5NO5P.C9H14N4O2S.C8H12N4O3S.5CH4/c1-5-17-16(11-18(34-17)26-12-23-20(22)24-21(26)28)32-33(29,31-15-9-7-6-8-10-15)25-14(4)19(27)30-13(2)3;1-12(2)30-18(27)13(3)24-33(29,31-14-7-5-4-6-8-14)32-15-9-17(34-16(15)10-26)25-11-22-19(21)23-20(25)28;1-9(2)27-18(25)10(3)24-30(26,28-11-7-5-4-6-8-11)29-17-15(22)13(20)12(19)14(21)16(17)23;1-2-6-5(14)3-7(16-6)13-4-11-8(10)12-9(13)15;9-7-10-3-12(8(15)11-7)6-1-4(14)5(2-13)16-6;;;;;/h6-10,12-14,16-18H,5,11H2,1-4H3,(H,25,29)(H2,22,24,28);4-8,11-13,15-17,26H,9-10H2,1-3H3,(H,24,29)(H2,21,23,28);4-10H,1-3H3,(H,24,26);4-7,14H,2-3H2,1H3,(H2,10,12,15);3-6,13-14H,1-2H2,(H2,9,11,15);5*1H4/t14-,16+,17+,18+,33?;13-,15+,16+,17+,33?;10-,30-;5-,6-,7-;4-,5-,6-;;;;;/m00011...../s1. The number of halogens is 5. The van der Waals surface area contributed by atoms with E-state index < -0.39 is 152 Å². The Balaban J connectivity index is 0.000000443. The van der Waals surface area contributed by atoms with Crippen molar-refractivity contribution in [2.24, 2.45) is 0 Å². The summed E-state index contributed by atoms with van der Waals surface area (Å²) in [7, 11) is -13.1. The number of rotatable bonds is 32. The number of aromatic nitrogens is 12. The van der Waals surface area contributed by atoms with Gasteiger partial charge in [0.1, 0.15) is 60.7 Å². The number of nitrogens with zero attached hydrogens (tertiary/aromatic N) is 12. The molecule has 42 nitrogen and oxygen atoms in total. The Kier molecular flexibility index (Phi) is 48.7. The van der Waals surface area contributed by atoms with Gasteiger partial charge in [0.15, 0.2) is 0 Å². The minimum Gasteiger partial charge on any atom is -0.462 e. The summed E-state index contributed by atoms with van der Waals surface area (Å²) in [5, 5.41) is 43.8. The van der Waals surface area contributed by atoms with Crippen LogP contribution in [0.2, 0.25) is 0 Å². The molecule has 0 aliphatic carbocycles. The lowest BCUT2D eigenvalue weighted by molar-refractivity contribution is -0.150. The lowest BCUT2D eigenvalue weighted by Gasteiger charge is -2.27. The molecule has 4 aromatic heterocycles. The second kappa shape index (κ2) is 55.0. The zero-order chi connectivity index (χ0) is 95.8. The van der Waals surface area contributed by atoms with Crippen LogP contribution in [0.4, 0.5) is 45.7 Å². The number of carbonyl (C=O) groups is 3. The summed E-state index contributed by atoms with van der Waals surface area (Å²) in [6.07, 6.45) is 4.81. The minimum absolute atomic E-state index is 0. The van der Waals surface area contributed by atoms with E-state index in [2.05, 4.69) is 59.7 Å². The summed E-state index contributed by atoms with van der Waals surface area (Å²) < 4.78 is 163. The van der Waals surface area contributed by atoms with E-state index in [0.717, 1.165) is 6.42 Å². The van der Waals surface area contributed by atoms with Crippen LogP contribution in [0.5, 0.6) is 23.0 Å². The topological polar surface area (TPSA) is 598 Å². The zero-order valence-electron chi connectivity index (χ0n) is 71.6. The molecule has 135 heavy (non-hydrogen) atoms. The maximum absolute atomic E-state index is 14.0. The molecule has 8 heterocycles. The third kappa shape index (κ3) is 34.8. The highest BCUT2D eigenvalue weighted by Crippen LogP contribution is 2.55. The van der Waals surface area contributed by atoms with Gasteiger partial charge in [-0.3, -0.25) is 41.7 Å². The Bertz CT molecular complexity index is 5240. The lowest BCUT2D eigenvalue weighted by atomic mass is 10.1. The van der Waals surface area contributed by atoms with Gasteiger partial charge in [0, 0.05) is 36.2 Å². The molecule has 4 aromatic carbocycles. The predicted octanol–water partition coefficient (Wildman–Crippen LogP) is 11.5. The van der Waals surface area contributed by atoms with Crippen LogP contribution in [0.25, 0.3) is 0 Å². The molecule has 4 fully saturated rings. The van der Waals surface area contributed by atoms with Crippen LogP contribution in [0.15, 0.2) is 135 Å². The van der Waals surface area contributed by atoms with Crippen molar-refractivity contribution in [3.05, 3.63) is 187 Å². The minimum atomic E-state index is -4.91. The van der Waals surface area contributed by atoms with Crippen LogP contribution in [-0.4, -0.2) is 192 Å². The maximum Gasteiger partial charge on any atom is 0.513 e. The lowest BCUT2D eigenvalue weighted by Crippen LogP contribution is -2.38. The number of anilines is 4. The molecule has 54 heteroatoms. The molecular formula is C81H121F5N19O23P3S4. The van der Waals surface area contributed by atoms with E-state index in [9.17, 15) is 84.5 Å². The number of hydrogen-bond donors (Lipinski definition) is 11. The van der Waals surface area contributed by atoms with Crippen molar-refractivity contribution >= 4 is 112 Å². The van der Waals surface area contributed by atoms with Gasteiger partial charge in [0.25, 0.3) is 0 Å². The van der Waals surface area contributed by atoms with Crippen molar-refractivity contribution in [1.29, 1.82) is 0 Å². The van der Waals surface area contributed by atoms with Crippen molar-refractivity contribution in [3.8, 4) is 23.0 Å². The summed E-state index contributed by atoms with van der Waals surface area (Å²) >= 11 is 5.66. The molecule has 2 unspecified atom stereocenters. The molecule has 15 N–H and O–H groups in total. The van der Waals surface area contributed by atoms with Gasteiger partial charge in [-0.05, 0) is 112 Å². The van der Waals surface area contributed by atoms with Gasteiger partial charge in [0.05, 0.1) is 87.9 Å². The number of nitrogen functional groups attached to an aromatic ring is 4. The number of para-hydroxylation sites is 3. The Morgan fingerprint density at radius 3 is 0.948 bits per heavy atom. The highest BCUT2D eigenvalue weighted by atomic mass is 32.2. The fourth-order valence-corrected chi connectivity index (χ4v) is 23.0. The van der Waals surface area contributed by atoms with Crippen LogP contribution in [-0.2, 0) is 51.3 Å². The molecule has 8 aromatic rings. The molecule has 4 aliphatic heterocycles. The number of carbonyl (C=O) groups excluding carboxylic acids is 3. The number of nitrogens with one attached hydrogen (secondary N) is 3. The number of hydrogen-bond acceptors (Lipinski definition) is 39. The van der Waals surface area contributed by atoms with Crippen molar-refractivity contribution < 1.29 is 112 Å². The van der Waals surface area contributed by atoms with E-state index in [0.29, 0.717) is 31.4 Å². The van der Waals surface area contributed by atoms with Crippen LogP contribution in [0.3, 0.4) is 0 Å². The molecule has 0 spiro atoms. The highest BCUT2D eigenvalue weighted by molar-refractivity contribution is 8.01. The second-order valence-electron chi connectivity index (χ2n) is 29.4. The Labute approximate surface area is 794 Å². The highest BCUT2D eigenvalue weighted by Gasteiger charge is 2.47. The monoisotopic (exact) mass is 2040 g/mol. The van der Waals surface area contributed by atoms with Gasteiger partial charge in [0.2, 0.25) is 58.6 Å². The van der Waals surface area contributed by atoms with Gasteiger partial charge in [-0.25, -0.2) is 66.0 Å². The average Bonchev–Trinajstić information content (AvgIpc) is 1.76. The Morgan fingerprint density at radius 2 is 0.667 bits per heavy atom. The molecule has 12 rings (SSSR count). The SMILES string of the molecule is C.C.C.C.C.CC(C)OC(=O)[C@H](C)NP(=O)(Oc1ccccc1)O[C@@H]1C[C@H](n2cnc(N)nc2=O)S[C@@H]1CO.CC(C)OC(=O)[C@H](C)N[P@](=O)(Oc1ccccc1)Oc1c(F)c(F)c(F)c(F)c1F.CC[C@H]1S[C@@H](n2cnc(N)nc2=O)C[C@H]1O.CC[C@H]1S[C@@H](n2cnc(N)nc2=O)C[C@H]1OP(=O)(N[C@@H](C)C(=O)OC(C)C)Oc1ccccc1.Nc1ncn([C@H]2C[C@@H](O)[C@@H](CO)S2)c(=O)n1. The molecule has 4 saturated heterocycles. The molecule has 752 valence electrons. The molecule has 18 atom stereocenters. The molecule has 0 bridgehead atoms. The summed E-state index contributed by atoms with van der Waals surface area (Å²) in [6.45, 7) is 17.7. The number of aliphatic hydroxyl groups is 4. The first-order chi connectivity index (χ1) is 61.4. The first kappa shape index (κ1) is 119.